The van der Waals surface area contributed by atoms with E-state index < -0.39 is 17.6 Å². The maximum absolute atomic E-state index is 13.5. The van der Waals surface area contributed by atoms with Gasteiger partial charge in [0.1, 0.15) is 11.6 Å². The average Bonchev–Trinajstić information content (AvgIpc) is 2.62. The topological polar surface area (TPSA) is 79.8 Å². The van der Waals surface area contributed by atoms with Gasteiger partial charge < -0.3 is 10.1 Å². The fourth-order valence-electron chi connectivity index (χ4n) is 2.07. The third kappa shape index (κ3) is 5.56. The minimum atomic E-state index is -0.616. The van der Waals surface area contributed by atoms with Crippen molar-refractivity contribution in [2.45, 2.75) is 6.42 Å². The first kappa shape index (κ1) is 19.4. The molecule has 2 aromatic carbocycles. The Balaban J connectivity index is 1.80. The van der Waals surface area contributed by atoms with E-state index in [4.69, 9.17) is 16.3 Å². The lowest BCUT2D eigenvalue weighted by Crippen LogP contribution is -2.29. The molecule has 2 N–H and O–H groups in total. The molecule has 0 unspecified atom stereocenters. The van der Waals surface area contributed by atoms with Crippen LogP contribution in [0, 0.1) is 5.82 Å². The lowest BCUT2D eigenvalue weighted by atomic mass is 10.2. The third-order valence-corrected chi connectivity index (χ3v) is 3.58. The summed E-state index contributed by atoms with van der Waals surface area (Å²) in [7, 11) is 1.51. The summed E-state index contributed by atoms with van der Waals surface area (Å²) in [5.74, 6) is -1.04. The van der Waals surface area contributed by atoms with E-state index in [0.29, 0.717) is 16.3 Å². The van der Waals surface area contributed by atoms with Gasteiger partial charge in [-0.25, -0.2) is 9.82 Å². The standard InChI is InChI=1S/C18H17ClFN3O3/c1-26-16-7-6-13(19)10-12(16)11-22-23-17(24)8-9-21-18(25)14-4-2-3-5-15(14)20/h2-7,10-11H,8-9H2,1H3,(H,21,25)(H,23,24). The van der Waals surface area contributed by atoms with Crippen LogP contribution in [0.25, 0.3) is 0 Å². The molecule has 8 heteroatoms. The van der Waals surface area contributed by atoms with E-state index in [1.807, 2.05) is 0 Å². The van der Waals surface area contributed by atoms with Gasteiger partial charge in [-0.05, 0) is 30.3 Å². The molecule has 0 saturated carbocycles. The van der Waals surface area contributed by atoms with E-state index in [1.165, 1.54) is 31.5 Å². The number of nitrogens with one attached hydrogen (secondary N) is 2. The number of hydrogen-bond donors (Lipinski definition) is 2. The zero-order valence-corrected chi connectivity index (χ0v) is 14.7. The Kier molecular flexibility index (Phi) is 7.11. The molecule has 2 rings (SSSR count). The molecule has 0 aliphatic heterocycles. The van der Waals surface area contributed by atoms with E-state index in [0.717, 1.165) is 0 Å². The number of hydrogen-bond acceptors (Lipinski definition) is 4. The van der Waals surface area contributed by atoms with Crippen molar-refractivity contribution in [3.63, 3.8) is 0 Å². The number of rotatable bonds is 7. The number of methoxy groups -OCH3 is 1. The summed E-state index contributed by atoms with van der Waals surface area (Å²) in [5.41, 5.74) is 2.87. The van der Waals surface area contributed by atoms with E-state index in [2.05, 4.69) is 15.8 Å². The molecule has 0 aliphatic rings. The number of hydrazone groups is 1. The predicted octanol–water partition coefficient (Wildman–Crippen LogP) is 2.76. The molecular weight excluding hydrogens is 361 g/mol. The normalized spacial score (nSPS) is 10.6. The molecule has 26 heavy (non-hydrogen) atoms. The van der Waals surface area contributed by atoms with Crippen molar-refractivity contribution in [2.75, 3.05) is 13.7 Å². The summed E-state index contributed by atoms with van der Waals surface area (Å²) in [4.78, 5) is 23.5. The molecule has 0 fully saturated rings. The van der Waals surface area contributed by atoms with E-state index in [9.17, 15) is 14.0 Å². The number of carbonyl (C=O) groups excluding carboxylic acids is 2. The lowest BCUT2D eigenvalue weighted by Gasteiger charge is -2.06. The zero-order valence-electron chi connectivity index (χ0n) is 14.0. The molecule has 0 saturated heterocycles. The Morgan fingerprint density at radius 1 is 1.27 bits per heavy atom. The summed E-state index contributed by atoms with van der Waals surface area (Å²) < 4.78 is 18.6. The highest BCUT2D eigenvalue weighted by atomic mass is 35.5. The van der Waals surface area contributed by atoms with Gasteiger partial charge in [-0.3, -0.25) is 9.59 Å². The first-order valence-corrected chi connectivity index (χ1v) is 8.07. The van der Waals surface area contributed by atoms with Crippen LogP contribution in [-0.2, 0) is 4.79 Å². The van der Waals surface area contributed by atoms with Crippen molar-refractivity contribution >= 4 is 29.6 Å². The van der Waals surface area contributed by atoms with Gasteiger partial charge in [0, 0.05) is 23.6 Å². The minimum Gasteiger partial charge on any atom is -0.496 e. The molecule has 136 valence electrons. The highest BCUT2D eigenvalue weighted by molar-refractivity contribution is 6.30. The number of amides is 2. The molecule has 2 aromatic rings. The van der Waals surface area contributed by atoms with Gasteiger partial charge >= 0.3 is 0 Å². The second-order valence-electron chi connectivity index (χ2n) is 5.17. The van der Waals surface area contributed by atoms with Crippen molar-refractivity contribution in [3.05, 3.63) is 64.4 Å². The molecular formula is C18H17ClFN3O3. The Morgan fingerprint density at radius 3 is 2.77 bits per heavy atom. The first-order chi connectivity index (χ1) is 12.5. The smallest absolute Gasteiger partial charge is 0.254 e. The predicted molar refractivity (Wildman–Crippen MR) is 97.1 cm³/mol. The minimum absolute atomic E-state index is 0.00971. The Morgan fingerprint density at radius 2 is 2.04 bits per heavy atom. The average molecular weight is 378 g/mol. The monoisotopic (exact) mass is 377 g/mol. The number of carbonyl (C=O) groups is 2. The summed E-state index contributed by atoms with van der Waals surface area (Å²) in [5, 5.41) is 6.81. The van der Waals surface area contributed by atoms with Gasteiger partial charge in [0.2, 0.25) is 5.91 Å². The molecule has 6 nitrogen and oxygen atoms in total. The zero-order chi connectivity index (χ0) is 18.9. The first-order valence-electron chi connectivity index (χ1n) is 7.69. The van der Waals surface area contributed by atoms with Crippen LogP contribution in [0.15, 0.2) is 47.6 Å². The number of halogens is 2. The van der Waals surface area contributed by atoms with Crippen molar-refractivity contribution < 1.29 is 18.7 Å². The Labute approximate surface area is 155 Å². The summed E-state index contributed by atoms with van der Waals surface area (Å²) >= 11 is 5.90. The van der Waals surface area contributed by atoms with E-state index >= 15 is 0 Å². The van der Waals surface area contributed by atoms with E-state index in [1.54, 1.807) is 24.3 Å². The largest absolute Gasteiger partial charge is 0.496 e. The highest BCUT2D eigenvalue weighted by Crippen LogP contribution is 2.20. The highest BCUT2D eigenvalue weighted by Gasteiger charge is 2.10. The number of benzene rings is 2. The van der Waals surface area contributed by atoms with Crippen LogP contribution in [0.1, 0.15) is 22.3 Å². The summed E-state index contributed by atoms with van der Waals surface area (Å²) in [6.45, 7) is 0.0506. The van der Waals surface area contributed by atoms with Crippen LogP contribution in [0.3, 0.4) is 0 Å². The molecule has 0 atom stereocenters. The van der Waals surface area contributed by atoms with Crippen LogP contribution in [0.5, 0.6) is 5.75 Å². The second-order valence-corrected chi connectivity index (χ2v) is 5.60. The summed E-state index contributed by atoms with van der Waals surface area (Å²) in [6.07, 6.45) is 1.39. The van der Waals surface area contributed by atoms with E-state index in [-0.39, 0.29) is 18.5 Å². The molecule has 2 amide bonds. The Bertz CT molecular complexity index is 827. The van der Waals surface area contributed by atoms with Gasteiger partial charge in [0.25, 0.3) is 5.91 Å². The molecule has 0 heterocycles. The molecule has 0 aromatic heterocycles. The van der Waals surface area contributed by atoms with Gasteiger partial charge in [0.15, 0.2) is 0 Å². The van der Waals surface area contributed by atoms with Crippen LogP contribution >= 0.6 is 11.6 Å². The van der Waals surface area contributed by atoms with Crippen LogP contribution in [0.2, 0.25) is 5.02 Å². The number of ether oxygens (including phenoxy) is 1. The molecule has 0 spiro atoms. The van der Waals surface area contributed by atoms with Gasteiger partial charge in [-0.1, -0.05) is 23.7 Å². The van der Waals surface area contributed by atoms with Gasteiger partial charge in [-0.2, -0.15) is 5.10 Å². The Hall–Kier alpha value is -2.93. The quantitative estimate of drug-likeness (QED) is 0.575. The summed E-state index contributed by atoms with van der Waals surface area (Å²) in [6, 6.07) is 10.6. The second kappa shape index (κ2) is 9.53. The van der Waals surface area contributed by atoms with Crippen molar-refractivity contribution in [3.8, 4) is 5.75 Å². The van der Waals surface area contributed by atoms with Crippen molar-refractivity contribution in [1.82, 2.24) is 10.7 Å². The maximum atomic E-state index is 13.5. The third-order valence-electron chi connectivity index (χ3n) is 3.34. The molecule has 0 aliphatic carbocycles. The SMILES string of the molecule is COc1ccc(Cl)cc1C=NNC(=O)CCNC(=O)c1ccccc1F. The lowest BCUT2D eigenvalue weighted by molar-refractivity contribution is -0.120. The van der Waals surface area contributed by atoms with Crippen LogP contribution < -0.4 is 15.5 Å². The van der Waals surface area contributed by atoms with Crippen molar-refractivity contribution in [2.24, 2.45) is 5.10 Å². The molecule has 0 radical (unpaired) electrons. The fraction of sp³-hybridized carbons (Fsp3) is 0.167. The maximum Gasteiger partial charge on any atom is 0.254 e. The fourth-order valence-corrected chi connectivity index (χ4v) is 2.25. The van der Waals surface area contributed by atoms with Gasteiger partial charge in [0.05, 0.1) is 18.9 Å². The van der Waals surface area contributed by atoms with Gasteiger partial charge in [-0.15, -0.1) is 0 Å². The van der Waals surface area contributed by atoms with Crippen LogP contribution in [-0.4, -0.2) is 31.7 Å². The number of nitrogens with zero attached hydrogens (tertiary/aromatic N) is 1. The van der Waals surface area contributed by atoms with Crippen molar-refractivity contribution in [1.29, 1.82) is 0 Å². The van der Waals surface area contributed by atoms with Crippen LogP contribution in [0.4, 0.5) is 4.39 Å². The molecule has 0 bridgehead atoms.